The van der Waals surface area contributed by atoms with Crippen LogP contribution in [0.15, 0.2) is 48.8 Å². The first-order valence-corrected chi connectivity index (χ1v) is 9.71. The van der Waals surface area contributed by atoms with Crippen LogP contribution in [0.2, 0.25) is 0 Å². The van der Waals surface area contributed by atoms with Crippen molar-refractivity contribution >= 4 is 11.0 Å². The molecule has 0 radical (unpaired) electrons. The van der Waals surface area contributed by atoms with Crippen molar-refractivity contribution < 1.29 is 13.5 Å². The van der Waals surface area contributed by atoms with Crippen LogP contribution >= 0.6 is 0 Å². The first kappa shape index (κ1) is 17.8. The van der Waals surface area contributed by atoms with Crippen LogP contribution < -0.4 is 0 Å². The van der Waals surface area contributed by atoms with E-state index in [1.807, 2.05) is 48.3 Å². The first-order valence-electron chi connectivity index (χ1n) is 9.71. The minimum atomic E-state index is -2.52. The van der Waals surface area contributed by atoms with Crippen LogP contribution in [-0.4, -0.2) is 40.1 Å². The molecule has 1 saturated carbocycles. The number of hydrogen-bond donors (Lipinski definition) is 0. The van der Waals surface area contributed by atoms with Gasteiger partial charge in [0.1, 0.15) is 0 Å². The molecule has 2 fully saturated rings. The molecule has 2 aromatic carbocycles. The van der Waals surface area contributed by atoms with Gasteiger partial charge in [0.15, 0.2) is 0 Å². The van der Waals surface area contributed by atoms with Crippen molar-refractivity contribution in [2.24, 2.45) is 7.05 Å². The van der Waals surface area contributed by atoms with E-state index < -0.39 is 11.8 Å². The highest BCUT2D eigenvalue weighted by Crippen LogP contribution is 2.55. The Bertz CT molecular complexity index is 1020. The highest BCUT2D eigenvalue weighted by atomic mass is 19.3. The van der Waals surface area contributed by atoms with E-state index in [9.17, 15) is 8.78 Å². The molecule has 1 aliphatic heterocycles. The number of aromatic nitrogens is 2. The number of alkyl halides is 2. The lowest BCUT2D eigenvalue weighted by atomic mass is 10.0. The van der Waals surface area contributed by atoms with Crippen LogP contribution in [0.5, 0.6) is 0 Å². The van der Waals surface area contributed by atoms with E-state index in [1.54, 1.807) is 0 Å². The number of imidazole rings is 1. The number of halogens is 2. The molecule has 0 amide bonds. The van der Waals surface area contributed by atoms with E-state index in [2.05, 4.69) is 22.0 Å². The fourth-order valence-electron chi connectivity index (χ4n) is 4.13. The molecule has 2 heterocycles. The summed E-state index contributed by atoms with van der Waals surface area (Å²) >= 11 is 0. The number of ether oxygens (including phenoxy) is 1. The largest absolute Gasteiger partial charge is 0.371 e. The summed E-state index contributed by atoms with van der Waals surface area (Å²) in [5.41, 5.74) is 5.06. The second-order valence-electron chi connectivity index (χ2n) is 7.96. The minimum absolute atomic E-state index is 0.00370. The number of morpholine rings is 1. The zero-order chi connectivity index (χ0) is 19.3. The third-order valence-corrected chi connectivity index (χ3v) is 5.86. The van der Waals surface area contributed by atoms with Crippen molar-refractivity contribution in [3.63, 3.8) is 0 Å². The van der Waals surface area contributed by atoms with Crippen molar-refractivity contribution in [3.05, 3.63) is 65.5 Å². The molecule has 5 rings (SSSR count). The molecule has 0 N–H and O–H groups in total. The Morgan fingerprint density at radius 2 is 2.04 bits per heavy atom. The topological polar surface area (TPSA) is 30.3 Å². The number of hydrogen-bond acceptors (Lipinski definition) is 3. The Labute approximate surface area is 162 Å². The lowest BCUT2D eigenvalue weighted by Gasteiger charge is -2.33. The fraction of sp³-hybridized carbons (Fsp3) is 0.409. The van der Waals surface area contributed by atoms with Gasteiger partial charge in [-0.1, -0.05) is 30.3 Å². The van der Waals surface area contributed by atoms with E-state index in [0.717, 1.165) is 47.4 Å². The Kier molecular flexibility index (Phi) is 4.21. The summed E-state index contributed by atoms with van der Waals surface area (Å²) in [4.78, 5) is 6.71. The van der Waals surface area contributed by atoms with Crippen molar-refractivity contribution in [1.29, 1.82) is 0 Å². The number of aryl methyl sites for hydroxylation is 1. The molecule has 146 valence electrons. The molecule has 1 aromatic heterocycles. The van der Waals surface area contributed by atoms with Gasteiger partial charge in [-0.2, -0.15) is 0 Å². The van der Waals surface area contributed by atoms with Crippen molar-refractivity contribution in [3.8, 4) is 0 Å². The molecule has 1 aliphatic carbocycles. The third kappa shape index (κ3) is 3.31. The molecular weight excluding hydrogens is 360 g/mol. The molecule has 0 bridgehead atoms. The molecule has 2 aliphatic rings. The molecule has 0 spiro atoms. The predicted octanol–water partition coefficient (Wildman–Crippen LogP) is 4.27. The summed E-state index contributed by atoms with van der Waals surface area (Å²) in [5, 5.41) is 0. The van der Waals surface area contributed by atoms with Crippen LogP contribution in [-0.2, 0) is 18.3 Å². The average Bonchev–Trinajstić information content (AvgIpc) is 3.18. The summed E-state index contributed by atoms with van der Waals surface area (Å²) in [6.07, 6.45) is 1.80. The van der Waals surface area contributed by atoms with Gasteiger partial charge >= 0.3 is 0 Å². The van der Waals surface area contributed by atoms with Gasteiger partial charge in [0.25, 0.3) is 5.92 Å². The van der Waals surface area contributed by atoms with Crippen LogP contribution in [0.4, 0.5) is 8.78 Å². The number of fused-ring (bicyclic) bond motifs is 1. The number of benzene rings is 2. The van der Waals surface area contributed by atoms with Gasteiger partial charge in [0.2, 0.25) is 0 Å². The Morgan fingerprint density at radius 3 is 2.86 bits per heavy atom. The standard InChI is InChI=1S/C22H23F2N3O/c1-26-14-25-19-6-5-17(10-20(19)26)21-13-27(7-8-28-21)12-15-3-2-4-16(9-15)18-11-22(18,23)24/h2-6,9-10,14,18,21H,7-8,11-13H2,1H3. The fourth-order valence-corrected chi connectivity index (χ4v) is 4.13. The van der Waals surface area contributed by atoms with Gasteiger partial charge in [0.05, 0.1) is 36.0 Å². The van der Waals surface area contributed by atoms with Gasteiger partial charge in [-0.25, -0.2) is 13.8 Å². The Hall–Kier alpha value is -2.31. The molecule has 3 aromatic rings. The SMILES string of the molecule is Cn1cnc2ccc(C3CN(Cc4cccc(C5CC5(F)F)c4)CCO3)cc21. The summed E-state index contributed by atoms with van der Waals surface area (Å²) < 4.78 is 34.8. The highest BCUT2D eigenvalue weighted by Gasteiger charge is 2.57. The second-order valence-corrected chi connectivity index (χ2v) is 7.96. The number of rotatable bonds is 4. The van der Waals surface area contributed by atoms with Gasteiger partial charge in [-0.15, -0.1) is 0 Å². The summed E-state index contributed by atoms with van der Waals surface area (Å²) in [7, 11) is 1.99. The molecule has 28 heavy (non-hydrogen) atoms. The Morgan fingerprint density at radius 1 is 1.18 bits per heavy atom. The summed E-state index contributed by atoms with van der Waals surface area (Å²) in [5.74, 6) is -3.12. The van der Waals surface area contributed by atoms with Crippen LogP contribution in [0.1, 0.15) is 35.1 Å². The second kappa shape index (κ2) is 6.64. The molecule has 1 saturated heterocycles. The van der Waals surface area contributed by atoms with E-state index in [1.165, 1.54) is 0 Å². The van der Waals surface area contributed by atoms with Crippen LogP contribution in [0.3, 0.4) is 0 Å². The van der Waals surface area contributed by atoms with E-state index in [4.69, 9.17) is 4.74 Å². The normalized spacial score (nSPS) is 24.5. The maximum Gasteiger partial charge on any atom is 0.255 e. The maximum absolute atomic E-state index is 13.4. The zero-order valence-electron chi connectivity index (χ0n) is 15.8. The monoisotopic (exact) mass is 383 g/mol. The third-order valence-electron chi connectivity index (χ3n) is 5.86. The quantitative estimate of drug-likeness (QED) is 0.674. The Balaban J connectivity index is 1.30. The smallest absolute Gasteiger partial charge is 0.255 e. The maximum atomic E-state index is 13.4. The van der Waals surface area contributed by atoms with E-state index in [0.29, 0.717) is 6.61 Å². The van der Waals surface area contributed by atoms with Gasteiger partial charge in [-0.05, 0) is 28.8 Å². The van der Waals surface area contributed by atoms with Gasteiger partial charge in [0, 0.05) is 33.1 Å². The lowest BCUT2D eigenvalue weighted by molar-refractivity contribution is -0.0328. The minimum Gasteiger partial charge on any atom is -0.371 e. The highest BCUT2D eigenvalue weighted by molar-refractivity contribution is 5.76. The van der Waals surface area contributed by atoms with Crippen LogP contribution in [0.25, 0.3) is 11.0 Å². The molecule has 6 heteroatoms. The summed E-state index contributed by atoms with van der Waals surface area (Å²) in [6, 6.07) is 13.9. The predicted molar refractivity (Wildman–Crippen MR) is 103 cm³/mol. The van der Waals surface area contributed by atoms with Crippen molar-refractivity contribution in [1.82, 2.24) is 14.5 Å². The van der Waals surface area contributed by atoms with Gasteiger partial charge < -0.3 is 9.30 Å². The average molecular weight is 383 g/mol. The van der Waals surface area contributed by atoms with Crippen LogP contribution in [0, 0.1) is 0 Å². The van der Waals surface area contributed by atoms with E-state index in [-0.39, 0.29) is 12.5 Å². The number of nitrogens with zero attached hydrogens (tertiary/aromatic N) is 3. The molecular formula is C22H23F2N3O. The summed E-state index contributed by atoms with van der Waals surface area (Å²) in [6.45, 7) is 3.04. The first-order chi connectivity index (χ1) is 13.5. The molecule has 2 unspecified atom stereocenters. The zero-order valence-corrected chi connectivity index (χ0v) is 15.8. The van der Waals surface area contributed by atoms with Crippen molar-refractivity contribution in [2.75, 3.05) is 19.7 Å². The van der Waals surface area contributed by atoms with Gasteiger partial charge in [-0.3, -0.25) is 4.90 Å². The lowest BCUT2D eigenvalue weighted by Crippen LogP contribution is -2.37. The van der Waals surface area contributed by atoms with E-state index >= 15 is 0 Å². The molecule has 4 nitrogen and oxygen atoms in total. The molecule has 2 atom stereocenters. The van der Waals surface area contributed by atoms with Crippen molar-refractivity contribution in [2.45, 2.75) is 30.9 Å².